The third-order valence-electron chi connectivity index (χ3n) is 11.7. The predicted molar refractivity (Wildman–Crippen MR) is 217 cm³/mol. The minimum Gasteiger partial charge on any atom is -0.397 e. The Morgan fingerprint density at radius 1 is 0.481 bits per heavy atom. The number of benzene rings is 9. The SMILES string of the molecule is CC(NC1=C(N)c2ccc3c4ccc5c6c(ccc(c7ccc1c2c73)c64)-c1ncc(-c2cccc3ccccc23)nc1-5)c1cccc2ccccc12. The molecular formula is C48H30N4. The second kappa shape index (κ2) is 9.93. The van der Waals surface area contributed by atoms with E-state index in [4.69, 9.17) is 15.7 Å². The van der Waals surface area contributed by atoms with Gasteiger partial charge in [0.2, 0.25) is 0 Å². The Balaban J connectivity index is 1.03. The fourth-order valence-corrected chi connectivity index (χ4v) is 9.43. The topological polar surface area (TPSA) is 63.8 Å². The number of fused-ring (bicyclic) bond motifs is 7. The fourth-order valence-electron chi connectivity index (χ4n) is 9.43. The summed E-state index contributed by atoms with van der Waals surface area (Å²) in [7, 11) is 0. The van der Waals surface area contributed by atoms with Crippen molar-refractivity contribution in [1.82, 2.24) is 15.3 Å². The lowest BCUT2D eigenvalue weighted by Gasteiger charge is -2.20. The van der Waals surface area contributed by atoms with Crippen LogP contribution in [0.1, 0.15) is 29.7 Å². The van der Waals surface area contributed by atoms with Gasteiger partial charge in [0.1, 0.15) is 0 Å². The molecule has 3 N–H and O–H groups in total. The Bertz CT molecular complexity index is 3210. The summed E-state index contributed by atoms with van der Waals surface area (Å²) >= 11 is 0. The van der Waals surface area contributed by atoms with Crippen LogP contribution in [0.3, 0.4) is 0 Å². The smallest absolute Gasteiger partial charge is 0.0979 e. The third-order valence-corrected chi connectivity index (χ3v) is 11.7. The highest BCUT2D eigenvalue weighted by Crippen LogP contribution is 2.53. The number of aromatic nitrogens is 2. The predicted octanol–water partition coefficient (Wildman–Crippen LogP) is 11.6. The van der Waals surface area contributed by atoms with Crippen LogP contribution in [0, 0.1) is 0 Å². The Hall–Kier alpha value is -6.78. The second-order valence-electron chi connectivity index (χ2n) is 14.3. The van der Waals surface area contributed by atoms with Crippen molar-refractivity contribution in [3.8, 4) is 33.8 Å². The number of nitrogens with one attached hydrogen (secondary N) is 1. The van der Waals surface area contributed by atoms with Crippen molar-refractivity contribution >= 4 is 76.0 Å². The molecule has 1 aromatic heterocycles. The van der Waals surface area contributed by atoms with Gasteiger partial charge in [0, 0.05) is 44.6 Å². The number of hydrogen-bond donors (Lipinski definition) is 2. The first-order chi connectivity index (χ1) is 25.6. The molecule has 0 amide bonds. The lowest BCUT2D eigenvalue weighted by Crippen LogP contribution is -2.19. The van der Waals surface area contributed by atoms with E-state index in [2.05, 4.69) is 146 Å². The van der Waals surface area contributed by atoms with E-state index in [1.807, 2.05) is 6.20 Å². The van der Waals surface area contributed by atoms with Gasteiger partial charge in [0.05, 0.1) is 34.7 Å². The molecule has 0 saturated heterocycles. The summed E-state index contributed by atoms with van der Waals surface area (Å²) in [5.41, 5.74) is 18.6. The molecule has 0 aliphatic heterocycles. The van der Waals surface area contributed by atoms with Crippen LogP contribution in [0.5, 0.6) is 0 Å². The molecule has 4 heteroatoms. The molecule has 1 atom stereocenters. The van der Waals surface area contributed by atoms with Crippen molar-refractivity contribution in [2.75, 3.05) is 0 Å². The molecule has 0 fully saturated rings. The summed E-state index contributed by atoms with van der Waals surface area (Å²) in [5, 5.41) is 18.8. The zero-order valence-electron chi connectivity index (χ0n) is 28.3. The maximum atomic E-state index is 7.04. The first kappa shape index (κ1) is 28.0. The molecule has 242 valence electrons. The van der Waals surface area contributed by atoms with Gasteiger partial charge < -0.3 is 11.1 Å². The van der Waals surface area contributed by atoms with Gasteiger partial charge in [0.25, 0.3) is 0 Å². The van der Waals surface area contributed by atoms with Crippen molar-refractivity contribution in [3.05, 3.63) is 156 Å². The Morgan fingerprint density at radius 3 is 1.77 bits per heavy atom. The molecule has 0 saturated carbocycles. The maximum Gasteiger partial charge on any atom is 0.0979 e. The molecule has 52 heavy (non-hydrogen) atoms. The quantitative estimate of drug-likeness (QED) is 0.145. The van der Waals surface area contributed by atoms with E-state index >= 15 is 0 Å². The van der Waals surface area contributed by atoms with Crippen LogP contribution in [0.4, 0.5) is 0 Å². The van der Waals surface area contributed by atoms with E-state index in [-0.39, 0.29) is 6.04 Å². The Labute approximate surface area is 299 Å². The number of rotatable bonds is 4. The van der Waals surface area contributed by atoms with Crippen LogP contribution in [-0.2, 0) is 0 Å². The van der Waals surface area contributed by atoms with E-state index in [9.17, 15) is 0 Å². The van der Waals surface area contributed by atoms with Gasteiger partial charge in [-0.3, -0.25) is 4.98 Å². The van der Waals surface area contributed by atoms with E-state index in [1.165, 1.54) is 75.8 Å². The normalized spacial score (nSPS) is 13.8. The Kier molecular flexibility index (Phi) is 5.34. The van der Waals surface area contributed by atoms with Gasteiger partial charge in [-0.1, -0.05) is 133 Å². The van der Waals surface area contributed by atoms with Gasteiger partial charge in [-0.05, 0) is 66.3 Å². The Morgan fingerprint density at radius 2 is 1.04 bits per heavy atom. The zero-order chi connectivity index (χ0) is 34.2. The van der Waals surface area contributed by atoms with Crippen LogP contribution >= 0.6 is 0 Å². The molecule has 1 heterocycles. The number of hydrogen-bond acceptors (Lipinski definition) is 4. The molecule has 0 bridgehead atoms. The van der Waals surface area contributed by atoms with E-state index in [0.29, 0.717) is 0 Å². The largest absolute Gasteiger partial charge is 0.397 e. The van der Waals surface area contributed by atoms with Crippen LogP contribution in [0.15, 0.2) is 140 Å². The highest BCUT2D eigenvalue weighted by Gasteiger charge is 2.30. The first-order valence-corrected chi connectivity index (χ1v) is 17.9. The summed E-state index contributed by atoms with van der Waals surface area (Å²) in [6.45, 7) is 2.23. The molecule has 0 radical (unpaired) electrons. The molecule has 4 nitrogen and oxygen atoms in total. The highest BCUT2D eigenvalue weighted by atomic mass is 14.9. The van der Waals surface area contributed by atoms with Crippen LogP contribution < -0.4 is 11.1 Å². The minimum atomic E-state index is 0.0639. The summed E-state index contributed by atoms with van der Waals surface area (Å²) < 4.78 is 0. The molecule has 12 rings (SSSR count). The van der Waals surface area contributed by atoms with Crippen LogP contribution in [0.2, 0.25) is 0 Å². The lowest BCUT2D eigenvalue weighted by atomic mass is 9.86. The van der Waals surface area contributed by atoms with Gasteiger partial charge in [-0.25, -0.2) is 4.98 Å². The molecule has 1 unspecified atom stereocenters. The van der Waals surface area contributed by atoms with Crippen LogP contribution in [0.25, 0.3) is 110 Å². The van der Waals surface area contributed by atoms with Gasteiger partial charge in [-0.15, -0.1) is 0 Å². The third kappa shape index (κ3) is 3.51. The van der Waals surface area contributed by atoms with Gasteiger partial charge >= 0.3 is 0 Å². The molecule has 10 aromatic rings. The summed E-state index contributed by atoms with van der Waals surface area (Å²) in [4.78, 5) is 10.4. The van der Waals surface area contributed by atoms with Crippen molar-refractivity contribution in [2.24, 2.45) is 5.73 Å². The van der Waals surface area contributed by atoms with Crippen molar-refractivity contribution in [1.29, 1.82) is 0 Å². The van der Waals surface area contributed by atoms with Crippen LogP contribution in [-0.4, -0.2) is 9.97 Å². The van der Waals surface area contributed by atoms with E-state index in [0.717, 1.165) is 50.7 Å². The average Bonchev–Trinajstić information content (AvgIpc) is 3.67. The van der Waals surface area contributed by atoms with Crippen molar-refractivity contribution < 1.29 is 0 Å². The zero-order valence-corrected chi connectivity index (χ0v) is 28.3. The highest BCUT2D eigenvalue weighted by molar-refractivity contribution is 6.38. The minimum absolute atomic E-state index is 0.0639. The molecular weight excluding hydrogens is 633 g/mol. The van der Waals surface area contributed by atoms with Gasteiger partial charge in [-0.2, -0.15) is 0 Å². The molecule has 0 spiro atoms. The molecule has 2 aliphatic rings. The monoisotopic (exact) mass is 662 g/mol. The van der Waals surface area contributed by atoms with Gasteiger partial charge in [0.15, 0.2) is 0 Å². The second-order valence-corrected chi connectivity index (χ2v) is 14.3. The maximum absolute atomic E-state index is 7.04. The summed E-state index contributed by atoms with van der Waals surface area (Å²) in [5.74, 6) is 0. The molecule has 2 aliphatic carbocycles. The number of nitrogens with zero attached hydrogens (tertiary/aromatic N) is 2. The summed E-state index contributed by atoms with van der Waals surface area (Å²) in [6.07, 6.45) is 1.94. The standard InChI is InChI=1S/C48H30N4/c1-25(28-14-6-10-26-8-2-4-12-29(26)28)51-46-37-21-17-33-34-18-22-38-44-39(23-19-35(42(34)44)32-16-20-36(45(46)49)43(37)41(32)33)48-47(38)50-24-40(52-48)31-15-7-11-27-9-3-5-13-30(27)31/h2-25,51H,49H2,1H3. The first-order valence-electron chi connectivity index (χ1n) is 17.9. The van der Waals surface area contributed by atoms with Crippen molar-refractivity contribution in [2.45, 2.75) is 13.0 Å². The van der Waals surface area contributed by atoms with E-state index < -0.39 is 0 Å². The average molecular weight is 663 g/mol. The van der Waals surface area contributed by atoms with Crippen molar-refractivity contribution in [3.63, 3.8) is 0 Å². The van der Waals surface area contributed by atoms with E-state index in [1.54, 1.807) is 0 Å². The fraction of sp³-hybridized carbons (Fsp3) is 0.0417. The lowest BCUT2D eigenvalue weighted by molar-refractivity contribution is 0.708. The number of nitrogens with two attached hydrogens (primary N) is 1. The summed E-state index contributed by atoms with van der Waals surface area (Å²) in [6, 6.07) is 48.2. The molecule has 9 aromatic carbocycles.